The molecule has 1 atom stereocenters. The lowest BCUT2D eigenvalue weighted by Crippen LogP contribution is -2.61. The monoisotopic (exact) mass is 368 g/mol. The quantitative estimate of drug-likeness (QED) is 0.804. The predicted molar refractivity (Wildman–Crippen MR) is 73.8 cm³/mol. The van der Waals surface area contributed by atoms with Gasteiger partial charge in [0.25, 0.3) is 11.6 Å². The number of rotatable bonds is 3. The van der Waals surface area contributed by atoms with Crippen LogP contribution in [0.25, 0.3) is 0 Å². The van der Waals surface area contributed by atoms with Crippen molar-refractivity contribution in [2.75, 3.05) is 0 Å². The van der Waals surface area contributed by atoms with Gasteiger partial charge in [-0.15, -0.1) is 13.2 Å². The van der Waals surface area contributed by atoms with Gasteiger partial charge in [-0.2, -0.15) is 18.9 Å². The number of nitrogens with zero attached hydrogens (tertiary/aromatic N) is 2. The lowest BCUT2D eigenvalue weighted by molar-refractivity contribution is -0.468. The normalized spacial score (nSPS) is 21.4. The maximum absolute atomic E-state index is 14.0. The summed E-state index contributed by atoms with van der Waals surface area (Å²) in [5.74, 6) is -1.99. The highest BCUT2D eigenvalue weighted by atomic mass is 19.4. The number of hydrogen-bond acceptors (Lipinski definition) is 5. The number of halogens is 5. The summed E-state index contributed by atoms with van der Waals surface area (Å²) in [7, 11) is 0. The summed E-state index contributed by atoms with van der Waals surface area (Å²) in [6.07, 6.45) is -12.0. The van der Waals surface area contributed by atoms with E-state index >= 15 is 0 Å². The predicted octanol–water partition coefficient (Wildman–Crippen LogP) is 2.74. The van der Waals surface area contributed by atoms with E-state index < -0.39 is 41.8 Å². The molecule has 0 bridgehead atoms. The molecule has 1 amide bonds. The van der Waals surface area contributed by atoms with Gasteiger partial charge in [-0.3, -0.25) is 4.79 Å². The topological polar surface area (TPSA) is 82.4 Å². The van der Waals surface area contributed by atoms with Gasteiger partial charge >= 0.3 is 12.5 Å². The molecular weight excluding hydrogens is 355 g/mol. The van der Waals surface area contributed by atoms with Gasteiger partial charge < -0.3 is 10.2 Å². The van der Waals surface area contributed by atoms with Crippen LogP contribution in [0.1, 0.15) is 29.3 Å². The van der Waals surface area contributed by atoms with Gasteiger partial charge in [0.2, 0.25) is 0 Å². The molecule has 11 heteroatoms. The SMILES string of the molecule is CC1=NN(C(=O)c2cccc(C)c2O)[C@](O)(C(F)(F)OC(F)(F)F)C1. The molecule has 0 radical (unpaired) electrons. The number of phenolic OH excluding ortho intramolecular Hbond substituents is 1. The van der Waals surface area contributed by atoms with Crippen molar-refractivity contribution in [1.82, 2.24) is 5.01 Å². The number of hydrogen-bond donors (Lipinski definition) is 2. The first kappa shape index (κ1) is 19.1. The Bertz CT molecular complexity index is 734. The Morgan fingerprint density at radius 3 is 2.44 bits per heavy atom. The summed E-state index contributed by atoms with van der Waals surface area (Å²) < 4.78 is 67.4. The number of para-hydroxylation sites is 1. The van der Waals surface area contributed by atoms with Gasteiger partial charge in [0.1, 0.15) is 5.75 Å². The first-order valence-electron chi connectivity index (χ1n) is 6.83. The maximum Gasteiger partial charge on any atom is 0.527 e. The number of benzene rings is 1. The van der Waals surface area contributed by atoms with Crippen LogP contribution in [0.15, 0.2) is 23.3 Å². The van der Waals surface area contributed by atoms with Crippen molar-refractivity contribution < 1.29 is 41.7 Å². The molecule has 0 fully saturated rings. The van der Waals surface area contributed by atoms with Gasteiger partial charge in [0.15, 0.2) is 0 Å². The van der Waals surface area contributed by atoms with Crippen LogP contribution in [-0.4, -0.2) is 45.0 Å². The summed E-state index contributed by atoms with van der Waals surface area (Å²) in [6.45, 7) is 2.55. The number of ether oxygens (including phenoxy) is 1. The molecule has 1 aromatic rings. The van der Waals surface area contributed by atoms with Crippen LogP contribution in [0.5, 0.6) is 5.75 Å². The standard InChI is InChI=1S/C14H13F5N2O4/c1-7-4-3-5-9(10(7)22)11(23)21-12(24,6-8(2)20-21)13(15,16)25-14(17,18)19/h3-5,22,24H,6H2,1-2H3/t12-/m1/s1. The Kier molecular flexibility index (Phi) is 4.51. The fourth-order valence-electron chi connectivity index (χ4n) is 2.33. The maximum atomic E-state index is 14.0. The number of aryl methyl sites for hydroxylation is 1. The first-order chi connectivity index (χ1) is 11.3. The van der Waals surface area contributed by atoms with Crippen LogP contribution in [0, 0.1) is 6.92 Å². The zero-order valence-corrected chi connectivity index (χ0v) is 12.9. The number of aromatic hydroxyl groups is 1. The van der Waals surface area contributed by atoms with Crippen LogP contribution < -0.4 is 0 Å². The second-order valence-electron chi connectivity index (χ2n) is 5.48. The van der Waals surface area contributed by atoms with Gasteiger partial charge in [-0.05, 0) is 25.5 Å². The van der Waals surface area contributed by atoms with E-state index in [-0.39, 0.29) is 16.3 Å². The number of amides is 1. The molecule has 138 valence electrons. The molecule has 2 N–H and O–H groups in total. The molecule has 2 rings (SSSR count). The van der Waals surface area contributed by atoms with E-state index in [1.807, 2.05) is 0 Å². The molecular formula is C14H13F5N2O4. The Labute approximate surface area is 138 Å². The molecule has 0 saturated carbocycles. The Morgan fingerprint density at radius 2 is 1.88 bits per heavy atom. The van der Waals surface area contributed by atoms with Crippen molar-refractivity contribution in [2.45, 2.75) is 38.5 Å². The minimum Gasteiger partial charge on any atom is -0.507 e. The molecule has 0 spiro atoms. The zero-order chi connectivity index (χ0) is 19.2. The minimum atomic E-state index is -5.77. The third-order valence-electron chi connectivity index (χ3n) is 3.49. The van der Waals surface area contributed by atoms with Crippen molar-refractivity contribution in [3.8, 4) is 5.75 Å². The van der Waals surface area contributed by atoms with Crippen LogP contribution in [0.2, 0.25) is 0 Å². The molecule has 25 heavy (non-hydrogen) atoms. The minimum absolute atomic E-state index is 0.206. The van der Waals surface area contributed by atoms with Crippen molar-refractivity contribution in [2.24, 2.45) is 5.10 Å². The number of carbonyl (C=O) groups is 1. The molecule has 6 nitrogen and oxygen atoms in total. The number of carbonyl (C=O) groups excluding carboxylic acids is 1. The van der Waals surface area contributed by atoms with Gasteiger partial charge in [-0.25, -0.2) is 4.74 Å². The van der Waals surface area contributed by atoms with E-state index in [1.54, 1.807) is 0 Å². The average Bonchev–Trinajstić information content (AvgIpc) is 2.75. The second kappa shape index (κ2) is 5.92. The molecule has 1 heterocycles. The van der Waals surface area contributed by atoms with E-state index in [1.165, 1.54) is 19.1 Å². The fourth-order valence-corrected chi connectivity index (χ4v) is 2.33. The summed E-state index contributed by atoms with van der Waals surface area (Å²) in [5, 5.41) is 23.2. The molecule has 1 aliphatic rings. The van der Waals surface area contributed by atoms with E-state index in [2.05, 4.69) is 9.84 Å². The highest BCUT2D eigenvalue weighted by molar-refractivity contribution is 6.00. The highest BCUT2D eigenvalue weighted by Gasteiger charge is 2.66. The van der Waals surface area contributed by atoms with Crippen molar-refractivity contribution in [1.29, 1.82) is 0 Å². The van der Waals surface area contributed by atoms with Crippen molar-refractivity contribution in [3.05, 3.63) is 29.3 Å². The lowest BCUT2D eigenvalue weighted by atomic mass is 10.0. The van der Waals surface area contributed by atoms with E-state index in [4.69, 9.17) is 0 Å². The highest BCUT2D eigenvalue weighted by Crippen LogP contribution is 2.44. The third-order valence-corrected chi connectivity index (χ3v) is 3.49. The van der Waals surface area contributed by atoms with E-state index in [0.717, 1.165) is 13.0 Å². The van der Waals surface area contributed by atoms with Crippen molar-refractivity contribution >= 4 is 11.6 Å². The molecule has 1 aromatic carbocycles. The lowest BCUT2D eigenvalue weighted by Gasteiger charge is -2.36. The Balaban J connectivity index is 2.47. The summed E-state index contributed by atoms with van der Waals surface area (Å²) in [5.41, 5.74) is -4.24. The van der Waals surface area contributed by atoms with Crippen LogP contribution in [0.3, 0.4) is 0 Å². The summed E-state index contributed by atoms with van der Waals surface area (Å²) in [4.78, 5) is 12.4. The van der Waals surface area contributed by atoms with Crippen LogP contribution >= 0.6 is 0 Å². The average molecular weight is 368 g/mol. The summed E-state index contributed by atoms with van der Waals surface area (Å²) >= 11 is 0. The largest absolute Gasteiger partial charge is 0.527 e. The van der Waals surface area contributed by atoms with Gasteiger partial charge in [0, 0.05) is 12.1 Å². The molecule has 1 aliphatic heterocycles. The molecule has 0 saturated heterocycles. The number of phenols is 1. The Morgan fingerprint density at radius 1 is 1.28 bits per heavy atom. The van der Waals surface area contributed by atoms with Crippen LogP contribution in [-0.2, 0) is 4.74 Å². The zero-order valence-electron chi connectivity index (χ0n) is 12.9. The van der Waals surface area contributed by atoms with Gasteiger partial charge in [0.05, 0.1) is 5.56 Å². The third kappa shape index (κ3) is 3.42. The number of hydrazone groups is 1. The number of aliphatic hydroxyl groups is 1. The molecule has 0 unspecified atom stereocenters. The summed E-state index contributed by atoms with van der Waals surface area (Å²) in [6, 6.07) is 3.79. The Hall–Kier alpha value is -2.27. The number of alkyl halides is 5. The molecule has 0 aliphatic carbocycles. The first-order valence-corrected chi connectivity index (χ1v) is 6.83. The fraction of sp³-hybridized carbons (Fsp3) is 0.429. The van der Waals surface area contributed by atoms with Gasteiger partial charge in [-0.1, -0.05) is 12.1 Å². The molecule has 0 aromatic heterocycles. The van der Waals surface area contributed by atoms with Crippen LogP contribution in [0.4, 0.5) is 22.0 Å². The van der Waals surface area contributed by atoms with E-state index in [0.29, 0.717) is 0 Å². The second-order valence-corrected chi connectivity index (χ2v) is 5.48. The van der Waals surface area contributed by atoms with Crippen molar-refractivity contribution in [3.63, 3.8) is 0 Å². The van der Waals surface area contributed by atoms with E-state index in [9.17, 15) is 37.0 Å². The smallest absolute Gasteiger partial charge is 0.507 e.